The molecule has 1 saturated heterocycles. The van der Waals surface area contributed by atoms with E-state index in [0.29, 0.717) is 16.4 Å². The van der Waals surface area contributed by atoms with Crippen LogP contribution in [0.3, 0.4) is 0 Å². The number of rotatable bonds is 10. The van der Waals surface area contributed by atoms with Gasteiger partial charge in [0.2, 0.25) is 17.1 Å². The van der Waals surface area contributed by atoms with E-state index in [1.807, 2.05) is 0 Å². The number of aryl methyl sites for hydroxylation is 1. The summed E-state index contributed by atoms with van der Waals surface area (Å²) in [6, 6.07) is 0.445. The molecule has 0 radical (unpaired) electrons. The van der Waals surface area contributed by atoms with Gasteiger partial charge in [-0.1, -0.05) is 21.5 Å². The predicted molar refractivity (Wildman–Crippen MR) is 156 cm³/mol. The second-order valence-corrected chi connectivity index (χ2v) is 13.1. The number of carboxylic acids is 2. The maximum Gasteiger partial charge on any atom is 0.350 e. The molecule has 0 aliphatic carbocycles. The van der Waals surface area contributed by atoms with Gasteiger partial charge in [-0.3, -0.25) is 14.5 Å². The Labute approximate surface area is 260 Å². The third kappa shape index (κ3) is 5.57. The number of oxime groups is 1. The Morgan fingerprint density at radius 3 is 2.73 bits per heavy atom. The summed E-state index contributed by atoms with van der Waals surface area (Å²) in [4.78, 5) is 64.7. The van der Waals surface area contributed by atoms with Crippen LogP contribution in [0, 0.1) is 0 Å². The normalized spacial score (nSPS) is 18.7. The second-order valence-electron chi connectivity index (χ2n) is 10.0. The van der Waals surface area contributed by atoms with Gasteiger partial charge in [-0.15, -0.1) is 11.8 Å². The van der Waals surface area contributed by atoms with Gasteiger partial charge in [-0.05, 0) is 31.2 Å². The molecule has 5 heterocycles. The molecule has 44 heavy (non-hydrogen) atoms. The Balaban J connectivity index is 1.35. The number of hydrogen-bond donors (Lipinski definition) is 5. The number of thioether (sulfide) groups is 2. The van der Waals surface area contributed by atoms with Crippen molar-refractivity contribution in [2.75, 3.05) is 23.0 Å². The van der Waals surface area contributed by atoms with Crippen LogP contribution in [0.4, 0.5) is 10.9 Å². The van der Waals surface area contributed by atoms with Crippen LogP contribution in [0.25, 0.3) is 5.65 Å². The van der Waals surface area contributed by atoms with E-state index < -0.39 is 40.8 Å². The van der Waals surface area contributed by atoms with Gasteiger partial charge in [0.1, 0.15) is 17.6 Å². The van der Waals surface area contributed by atoms with E-state index >= 15 is 0 Å². The Hall–Kier alpha value is -4.56. The van der Waals surface area contributed by atoms with Crippen LogP contribution in [-0.2, 0) is 31.1 Å². The molecule has 0 saturated carbocycles. The van der Waals surface area contributed by atoms with Crippen LogP contribution in [0.1, 0.15) is 18.7 Å². The molecule has 0 spiro atoms. The number of β-lactam (4-membered cyclic amide) rings is 1. The molecular formula is C24H25N9O8S3. The van der Waals surface area contributed by atoms with Crippen molar-refractivity contribution in [1.82, 2.24) is 24.8 Å². The number of aromatic hydroxyl groups is 1. The van der Waals surface area contributed by atoms with Gasteiger partial charge >= 0.3 is 11.1 Å². The first kappa shape index (κ1) is 30.9. The number of nitrogens with one attached hydrogen (secondary N) is 1. The van der Waals surface area contributed by atoms with E-state index in [9.17, 15) is 34.5 Å². The van der Waals surface area contributed by atoms with E-state index in [4.69, 9.17) is 16.3 Å². The molecule has 7 N–H and O–H groups in total. The Bertz CT molecular complexity index is 1780. The molecule has 2 aliphatic rings. The first-order valence-corrected chi connectivity index (χ1v) is 15.4. The quantitative estimate of drug-likeness (QED) is 0.0403. The van der Waals surface area contributed by atoms with Crippen LogP contribution in [0.5, 0.6) is 5.88 Å². The Morgan fingerprint density at radius 2 is 2.09 bits per heavy atom. The number of carboxylic acid groups (broad SMARTS) is 2. The molecule has 2 aliphatic heterocycles. The number of thiazole rings is 1. The van der Waals surface area contributed by atoms with E-state index in [0.717, 1.165) is 28.0 Å². The van der Waals surface area contributed by atoms with Crippen molar-refractivity contribution in [3.8, 4) is 5.88 Å². The topological polar surface area (TPSA) is 256 Å². The number of nitrogens with two attached hydrogens (primary N) is 2. The molecule has 3 aromatic rings. The van der Waals surface area contributed by atoms with Crippen molar-refractivity contribution in [2.45, 2.75) is 36.0 Å². The number of nitrogens with zero attached hydrogens (tertiary/aromatic N) is 6. The predicted octanol–water partition coefficient (Wildman–Crippen LogP) is -1.73. The lowest BCUT2D eigenvalue weighted by atomic mass is 10.0. The lowest BCUT2D eigenvalue weighted by molar-refractivity contribution is -0.559. The number of aliphatic carboxylic acids is 2. The van der Waals surface area contributed by atoms with Crippen LogP contribution in [0.15, 0.2) is 40.0 Å². The SMILES string of the molecule is Cn1c(O)c[n+]2c(SCC3=C(C(=O)[O-])N4C(=O)C(NC(=O)/C(=N\OC(C)(C)C(=O)O)c5cnc(N)s5)C4SC3)nc(N)cc12. The summed E-state index contributed by atoms with van der Waals surface area (Å²) in [5.41, 5.74) is 10.1. The molecule has 0 bridgehead atoms. The zero-order chi connectivity index (χ0) is 32.1. The summed E-state index contributed by atoms with van der Waals surface area (Å²) in [5.74, 6) is -4.01. The minimum atomic E-state index is -1.78. The molecule has 2 amide bonds. The fourth-order valence-electron chi connectivity index (χ4n) is 4.24. The molecule has 0 aromatic carbocycles. The molecule has 2 unspecified atom stereocenters. The van der Waals surface area contributed by atoms with Gasteiger partial charge in [0.05, 0.1) is 29.7 Å². The number of nitrogen functional groups attached to an aromatic ring is 2. The van der Waals surface area contributed by atoms with Gasteiger partial charge in [0.15, 0.2) is 10.8 Å². The summed E-state index contributed by atoms with van der Waals surface area (Å²) in [5, 5.41) is 37.7. The lowest BCUT2D eigenvalue weighted by Gasteiger charge is -2.50. The van der Waals surface area contributed by atoms with Gasteiger partial charge in [-0.2, -0.15) is 4.40 Å². The summed E-state index contributed by atoms with van der Waals surface area (Å²) < 4.78 is 3.10. The van der Waals surface area contributed by atoms with Crippen LogP contribution in [0.2, 0.25) is 0 Å². The van der Waals surface area contributed by atoms with Crippen LogP contribution >= 0.6 is 34.9 Å². The third-order valence-corrected chi connectivity index (χ3v) is 9.85. The molecule has 1 fully saturated rings. The van der Waals surface area contributed by atoms with Crippen molar-refractivity contribution in [2.24, 2.45) is 12.2 Å². The zero-order valence-corrected chi connectivity index (χ0v) is 25.7. The van der Waals surface area contributed by atoms with E-state index in [-0.39, 0.29) is 44.6 Å². The number of aromatic nitrogens is 4. The fourth-order valence-corrected chi connectivity index (χ4v) is 7.37. The molecule has 2 atom stereocenters. The molecule has 232 valence electrons. The first-order valence-electron chi connectivity index (χ1n) is 12.6. The van der Waals surface area contributed by atoms with Crippen molar-refractivity contribution >= 4 is 80.9 Å². The molecule has 17 nitrogen and oxygen atoms in total. The molecule has 5 rings (SSSR count). The number of carbonyl (C=O) groups excluding carboxylic acids is 3. The number of amides is 2. The number of carbonyl (C=O) groups is 4. The minimum absolute atomic E-state index is 0.0339. The largest absolute Gasteiger partial charge is 0.543 e. The van der Waals surface area contributed by atoms with Crippen LogP contribution in [-0.4, -0.2) is 87.6 Å². The average Bonchev–Trinajstić information content (AvgIpc) is 3.51. The first-order chi connectivity index (χ1) is 20.7. The summed E-state index contributed by atoms with van der Waals surface area (Å²) in [6.45, 7) is 2.47. The minimum Gasteiger partial charge on any atom is -0.543 e. The second kappa shape index (κ2) is 11.5. The highest BCUT2D eigenvalue weighted by Gasteiger charge is 2.53. The smallest absolute Gasteiger partial charge is 0.350 e. The van der Waals surface area contributed by atoms with Gasteiger partial charge in [0.25, 0.3) is 17.7 Å². The number of fused-ring (bicyclic) bond motifs is 2. The highest BCUT2D eigenvalue weighted by atomic mass is 32.2. The highest BCUT2D eigenvalue weighted by molar-refractivity contribution is 8.01. The van der Waals surface area contributed by atoms with E-state index in [2.05, 4.69) is 20.4 Å². The average molecular weight is 664 g/mol. The van der Waals surface area contributed by atoms with Crippen molar-refractivity contribution in [3.05, 3.63) is 34.6 Å². The summed E-state index contributed by atoms with van der Waals surface area (Å²) in [6.07, 6.45) is 2.70. The zero-order valence-electron chi connectivity index (χ0n) is 23.2. The summed E-state index contributed by atoms with van der Waals surface area (Å²) >= 11 is 3.28. The third-order valence-electron chi connectivity index (χ3n) is 6.64. The monoisotopic (exact) mass is 663 g/mol. The van der Waals surface area contributed by atoms with Crippen molar-refractivity contribution in [1.29, 1.82) is 0 Å². The summed E-state index contributed by atoms with van der Waals surface area (Å²) in [7, 11) is 1.64. The lowest BCUT2D eigenvalue weighted by Crippen LogP contribution is -2.71. The molecule has 3 aromatic heterocycles. The van der Waals surface area contributed by atoms with Gasteiger partial charge in [-0.25, -0.2) is 14.3 Å². The van der Waals surface area contributed by atoms with E-state index in [1.165, 1.54) is 42.6 Å². The molecule has 20 heteroatoms. The fraction of sp³-hybridized carbons (Fsp3) is 0.333. The Kier molecular flexibility index (Phi) is 8.07. The van der Waals surface area contributed by atoms with Gasteiger partial charge < -0.3 is 41.7 Å². The maximum atomic E-state index is 13.3. The number of imidazole rings is 1. The van der Waals surface area contributed by atoms with Crippen molar-refractivity contribution in [3.63, 3.8) is 0 Å². The standard InChI is InChI=1S/C24H25N9O8S3/c1-24(2,21(39)40)41-30-14(10-5-27-22(26)44-10)17(35)29-15-18(36)33-16(20(37)38)9(7-42-19(15)33)8-43-23-28-11(25)4-12-31(3)13(34)6-32(12)23/h4-6,15,19,25H,7-8H2,1-3H3,(H6,26,27,29,30,34,35,37,38,39,40). The maximum absolute atomic E-state index is 13.3. The van der Waals surface area contributed by atoms with E-state index in [1.54, 1.807) is 17.5 Å². The van der Waals surface area contributed by atoms with Crippen molar-refractivity contribution < 1.29 is 43.7 Å². The Morgan fingerprint density at radius 1 is 1.36 bits per heavy atom. The van der Waals surface area contributed by atoms with Crippen LogP contribution < -0.4 is 26.3 Å². The highest BCUT2D eigenvalue weighted by Crippen LogP contribution is 2.41. The number of anilines is 2. The molecular weight excluding hydrogens is 639 g/mol. The van der Waals surface area contributed by atoms with Gasteiger partial charge in [0, 0.05) is 17.7 Å². The number of hydrogen-bond acceptors (Lipinski definition) is 15.